The predicted octanol–water partition coefficient (Wildman–Crippen LogP) is 5.00. The number of hydrogen-bond acceptors (Lipinski definition) is 6. The van der Waals surface area contributed by atoms with Crippen LogP contribution in [0.4, 0.5) is 0 Å². The Morgan fingerprint density at radius 1 is 0.970 bits per heavy atom. The second-order valence-electron chi connectivity index (χ2n) is 8.49. The molecule has 8 nitrogen and oxygen atoms in total. The van der Waals surface area contributed by atoms with Gasteiger partial charge in [-0.05, 0) is 46.4 Å². The smallest absolute Gasteiger partial charge is 0.205 e. The third-order valence-corrected chi connectivity index (χ3v) is 5.62. The lowest BCUT2D eigenvalue weighted by Crippen LogP contribution is -2.08. The Labute approximate surface area is 192 Å². The summed E-state index contributed by atoms with van der Waals surface area (Å²) in [5, 5.41) is 14.5. The summed E-state index contributed by atoms with van der Waals surface area (Å²) in [7, 11) is 0. The van der Waals surface area contributed by atoms with Crippen LogP contribution in [0.5, 0.6) is 0 Å². The van der Waals surface area contributed by atoms with E-state index in [2.05, 4.69) is 81.3 Å². The molecule has 5 aromatic rings. The number of benzene rings is 2. The fourth-order valence-electron chi connectivity index (χ4n) is 4.05. The van der Waals surface area contributed by atoms with Gasteiger partial charge in [0.25, 0.3) is 0 Å². The van der Waals surface area contributed by atoms with E-state index in [1.54, 1.807) is 0 Å². The van der Waals surface area contributed by atoms with E-state index < -0.39 is 0 Å². The van der Waals surface area contributed by atoms with Gasteiger partial charge in [0.2, 0.25) is 5.82 Å². The molecule has 168 valence electrons. The molecule has 0 unspecified atom stereocenters. The van der Waals surface area contributed by atoms with Crippen LogP contribution in [0.25, 0.3) is 33.7 Å². The molecule has 0 atom stereocenters. The first-order chi connectivity index (χ1) is 15.6. The van der Waals surface area contributed by atoms with E-state index in [9.17, 15) is 0 Å². The first-order valence-electron chi connectivity index (χ1n) is 10.8. The molecule has 0 aliphatic carbocycles. The normalized spacial score (nSPS) is 11.2. The fourth-order valence-corrected chi connectivity index (χ4v) is 4.05. The third kappa shape index (κ3) is 4.38. The Morgan fingerprint density at radius 2 is 1.73 bits per heavy atom. The summed E-state index contributed by atoms with van der Waals surface area (Å²) < 4.78 is 2.25. The molecule has 0 aliphatic rings. The number of rotatable bonds is 6. The van der Waals surface area contributed by atoms with Crippen molar-refractivity contribution < 1.29 is 0 Å². The van der Waals surface area contributed by atoms with Gasteiger partial charge < -0.3 is 10.7 Å². The van der Waals surface area contributed by atoms with E-state index >= 15 is 0 Å². The summed E-state index contributed by atoms with van der Waals surface area (Å²) in [5.41, 5.74) is 7.45. The molecule has 0 bridgehead atoms. The number of imidazole rings is 1. The summed E-state index contributed by atoms with van der Waals surface area (Å²) >= 11 is 0. The fraction of sp³-hybridized carbons (Fsp3) is 0.240. The van der Waals surface area contributed by atoms with Crippen LogP contribution in [-0.4, -0.2) is 35.2 Å². The first kappa shape index (κ1) is 22.3. The lowest BCUT2D eigenvalue weighted by molar-refractivity contribution is 0.594. The summed E-state index contributed by atoms with van der Waals surface area (Å²) in [4.78, 5) is 9.58. The number of aromatic nitrogens is 7. The largest absolute Gasteiger partial charge is 0.344 e. The summed E-state index contributed by atoms with van der Waals surface area (Å²) in [6.07, 6.45) is 2.79. The standard InChI is InChI=1S/C25H25N7.H3N/c1-16(2)14-22-27-23-17(3)12-13-26-25(23)32(22)15-18-8-10-19(11-9-18)20-6-4-5-7-21(20)24-28-30-31-29-24;/h4-13,16H,14-15H2,1-3H3,(H,28,29,30,31);1H3. The van der Waals surface area contributed by atoms with Gasteiger partial charge in [0.05, 0.1) is 6.54 Å². The van der Waals surface area contributed by atoms with Crippen LogP contribution in [0.1, 0.15) is 30.8 Å². The Hall–Kier alpha value is -3.91. The summed E-state index contributed by atoms with van der Waals surface area (Å²) in [6, 6.07) is 18.8. The molecule has 2 aromatic carbocycles. The van der Waals surface area contributed by atoms with Crippen LogP contribution in [0.2, 0.25) is 0 Å². The quantitative estimate of drug-likeness (QED) is 0.383. The minimum absolute atomic E-state index is 0. The van der Waals surface area contributed by atoms with Crippen molar-refractivity contribution in [3.63, 3.8) is 0 Å². The zero-order valence-corrected chi connectivity index (χ0v) is 19.2. The van der Waals surface area contributed by atoms with E-state index in [0.29, 0.717) is 11.7 Å². The number of tetrazole rings is 1. The number of fused-ring (bicyclic) bond motifs is 1. The number of nitrogens with zero attached hydrogens (tertiary/aromatic N) is 6. The molecule has 3 aromatic heterocycles. The van der Waals surface area contributed by atoms with Crippen LogP contribution in [0, 0.1) is 12.8 Å². The molecular formula is C25H28N8. The van der Waals surface area contributed by atoms with Gasteiger partial charge in [-0.2, -0.15) is 5.21 Å². The van der Waals surface area contributed by atoms with Crippen molar-refractivity contribution in [2.45, 2.75) is 33.7 Å². The van der Waals surface area contributed by atoms with Crippen molar-refractivity contribution in [1.82, 2.24) is 41.3 Å². The zero-order valence-electron chi connectivity index (χ0n) is 19.2. The highest BCUT2D eigenvalue weighted by atomic mass is 15.5. The molecule has 5 rings (SSSR count). The number of nitrogens with one attached hydrogen (secondary N) is 1. The number of pyridine rings is 1. The Morgan fingerprint density at radius 3 is 2.42 bits per heavy atom. The van der Waals surface area contributed by atoms with Crippen LogP contribution >= 0.6 is 0 Å². The minimum atomic E-state index is 0. The van der Waals surface area contributed by atoms with Gasteiger partial charge in [-0.15, -0.1) is 10.2 Å². The molecule has 0 fully saturated rings. The average molecular weight is 441 g/mol. The topological polar surface area (TPSA) is 120 Å². The molecule has 3 heterocycles. The molecule has 8 heteroatoms. The molecular weight excluding hydrogens is 412 g/mol. The summed E-state index contributed by atoms with van der Waals surface area (Å²) in [5.74, 6) is 2.20. The Balaban J connectivity index is 0.00000259. The maximum absolute atomic E-state index is 4.93. The molecule has 4 N–H and O–H groups in total. The Kier molecular flexibility index (Phi) is 6.28. The van der Waals surface area contributed by atoms with Crippen molar-refractivity contribution in [2.75, 3.05) is 0 Å². The molecule has 0 saturated heterocycles. The number of aryl methyl sites for hydroxylation is 1. The Bertz CT molecular complexity index is 1350. The van der Waals surface area contributed by atoms with Crippen molar-refractivity contribution in [3.8, 4) is 22.5 Å². The summed E-state index contributed by atoms with van der Waals surface area (Å²) in [6.45, 7) is 7.28. The minimum Gasteiger partial charge on any atom is -0.344 e. The van der Waals surface area contributed by atoms with Gasteiger partial charge in [0.1, 0.15) is 11.3 Å². The molecule has 0 amide bonds. The molecule has 33 heavy (non-hydrogen) atoms. The highest BCUT2D eigenvalue weighted by Gasteiger charge is 2.15. The number of H-pyrrole nitrogens is 1. The van der Waals surface area contributed by atoms with Gasteiger partial charge >= 0.3 is 0 Å². The highest BCUT2D eigenvalue weighted by molar-refractivity contribution is 5.80. The lowest BCUT2D eigenvalue weighted by atomic mass is 9.98. The third-order valence-electron chi connectivity index (χ3n) is 5.62. The second kappa shape index (κ2) is 9.30. The van der Waals surface area contributed by atoms with Crippen LogP contribution in [-0.2, 0) is 13.0 Å². The SMILES string of the molecule is Cc1ccnc2c1nc(CC(C)C)n2Cc1ccc(-c2ccccc2-c2nn[nH]n2)cc1.N. The monoisotopic (exact) mass is 440 g/mol. The van der Waals surface area contributed by atoms with Gasteiger partial charge in [-0.25, -0.2) is 9.97 Å². The van der Waals surface area contributed by atoms with E-state index in [1.807, 2.05) is 30.5 Å². The molecule has 0 aliphatic heterocycles. The molecule has 0 radical (unpaired) electrons. The highest BCUT2D eigenvalue weighted by Crippen LogP contribution is 2.30. The number of aromatic amines is 1. The van der Waals surface area contributed by atoms with Gasteiger partial charge in [-0.1, -0.05) is 62.4 Å². The van der Waals surface area contributed by atoms with E-state index in [0.717, 1.165) is 52.2 Å². The van der Waals surface area contributed by atoms with Crippen LogP contribution in [0.3, 0.4) is 0 Å². The maximum Gasteiger partial charge on any atom is 0.205 e. The number of hydrogen-bond donors (Lipinski definition) is 2. The van der Waals surface area contributed by atoms with Crippen LogP contribution < -0.4 is 6.15 Å². The lowest BCUT2D eigenvalue weighted by Gasteiger charge is -2.12. The van der Waals surface area contributed by atoms with Crippen molar-refractivity contribution in [3.05, 3.63) is 77.7 Å². The van der Waals surface area contributed by atoms with Crippen LogP contribution in [0.15, 0.2) is 60.8 Å². The van der Waals surface area contributed by atoms with Gasteiger partial charge in [0.15, 0.2) is 5.65 Å². The van der Waals surface area contributed by atoms with E-state index in [-0.39, 0.29) is 6.15 Å². The average Bonchev–Trinajstić information content (AvgIpc) is 3.44. The van der Waals surface area contributed by atoms with Gasteiger partial charge in [0, 0.05) is 18.2 Å². The van der Waals surface area contributed by atoms with E-state index in [4.69, 9.17) is 4.98 Å². The van der Waals surface area contributed by atoms with Crippen molar-refractivity contribution in [2.24, 2.45) is 5.92 Å². The second-order valence-corrected chi connectivity index (χ2v) is 8.49. The first-order valence-corrected chi connectivity index (χ1v) is 10.8. The predicted molar refractivity (Wildman–Crippen MR) is 130 cm³/mol. The van der Waals surface area contributed by atoms with Crippen molar-refractivity contribution in [1.29, 1.82) is 0 Å². The van der Waals surface area contributed by atoms with Gasteiger partial charge in [-0.3, -0.25) is 0 Å². The van der Waals surface area contributed by atoms with E-state index in [1.165, 1.54) is 5.56 Å². The molecule has 0 spiro atoms. The van der Waals surface area contributed by atoms with Crippen molar-refractivity contribution >= 4 is 11.2 Å². The maximum atomic E-state index is 4.93. The molecule has 0 saturated carbocycles. The zero-order chi connectivity index (χ0) is 22.1.